The van der Waals surface area contributed by atoms with Gasteiger partial charge in [0, 0.05) is 12.1 Å². The quantitative estimate of drug-likeness (QED) is 0.775. The molecule has 3 atom stereocenters. The zero-order chi connectivity index (χ0) is 11.6. The zero-order valence-electron chi connectivity index (χ0n) is 10.6. The molecule has 2 saturated carbocycles. The van der Waals surface area contributed by atoms with E-state index in [-0.39, 0.29) is 5.92 Å². The van der Waals surface area contributed by atoms with Gasteiger partial charge in [-0.05, 0) is 31.1 Å². The Kier molecular flexibility index (Phi) is 3.54. The fraction of sp³-hybridized carbons (Fsp3) is 0.929. The van der Waals surface area contributed by atoms with Crippen LogP contribution >= 0.6 is 0 Å². The second-order valence-corrected chi connectivity index (χ2v) is 6.23. The highest BCUT2D eigenvalue weighted by atomic mass is 15.0. The van der Waals surface area contributed by atoms with Gasteiger partial charge in [0.15, 0.2) is 0 Å². The van der Waals surface area contributed by atoms with Crippen molar-refractivity contribution in [1.29, 1.82) is 5.26 Å². The maximum atomic E-state index is 9.11. The van der Waals surface area contributed by atoms with E-state index in [1.54, 1.807) is 0 Å². The standard InChI is InChI=1S/C14H24N2/c1-14(2)9-4-3-8-13(14)16-12-7-5-6-11(12)10-15/h11-13,16H,3-9H2,1-2H3. The first-order valence-electron chi connectivity index (χ1n) is 6.79. The summed E-state index contributed by atoms with van der Waals surface area (Å²) in [6, 6.07) is 3.56. The molecule has 2 aliphatic carbocycles. The summed E-state index contributed by atoms with van der Waals surface area (Å²) in [5.41, 5.74) is 0.418. The predicted molar refractivity (Wildman–Crippen MR) is 65.9 cm³/mol. The lowest BCUT2D eigenvalue weighted by atomic mass is 9.73. The van der Waals surface area contributed by atoms with Crippen LogP contribution in [0, 0.1) is 22.7 Å². The third-order valence-electron chi connectivity index (χ3n) is 4.60. The molecule has 0 aromatic heterocycles. The van der Waals surface area contributed by atoms with Gasteiger partial charge < -0.3 is 5.32 Å². The van der Waals surface area contributed by atoms with Crippen molar-refractivity contribution < 1.29 is 0 Å². The van der Waals surface area contributed by atoms with Gasteiger partial charge in [0.25, 0.3) is 0 Å². The summed E-state index contributed by atoms with van der Waals surface area (Å²) >= 11 is 0. The molecule has 0 aromatic rings. The van der Waals surface area contributed by atoms with E-state index in [9.17, 15) is 0 Å². The third-order valence-corrected chi connectivity index (χ3v) is 4.60. The fourth-order valence-electron chi connectivity index (χ4n) is 3.38. The van der Waals surface area contributed by atoms with E-state index in [1.165, 1.54) is 38.5 Å². The second kappa shape index (κ2) is 4.75. The van der Waals surface area contributed by atoms with Crippen molar-refractivity contribution in [3.05, 3.63) is 0 Å². The Morgan fingerprint density at radius 2 is 1.94 bits per heavy atom. The van der Waals surface area contributed by atoms with Crippen LogP contribution in [0.25, 0.3) is 0 Å². The Bertz CT molecular complexity index is 277. The van der Waals surface area contributed by atoms with Crippen LogP contribution in [0.2, 0.25) is 0 Å². The summed E-state index contributed by atoms with van der Waals surface area (Å²) in [4.78, 5) is 0. The Labute approximate surface area is 99.4 Å². The van der Waals surface area contributed by atoms with Gasteiger partial charge in [-0.15, -0.1) is 0 Å². The number of nitrogens with one attached hydrogen (secondary N) is 1. The smallest absolute Gasteiger partial charge is 0.0672 e. The van der Waals surface area contributed by atoms with Crippen molar-refractivity contribution in [3.63, 3.8) is 0 Å². The van der Waals surface area contributed by atoms with Crippen LogP contribution in [-0.4, -0.2) is 12.1 Å². The van der Waals surface area contributed by atoms with Crippen molar-refractivity contribution in [1.82, 2.24) is 5.32 Å². The highest BCUT2D eigenvalue weighted by Crippen LogP contribution is 2.37. The SMILES string of the molecule is CC1(C)CCCCC1NC1CCCC1C#N. The minimum Gasteiger partial charge on any atom is -0.309 e. The van der Waals surface area contributed by atoms with Gasteiger partial charge in [-0.1, -0.05) is 33.1 Å². The normalized spacial score (nSPS) is 38.2. The van der Waals surface area contributed by atoms with Crippen molar-refractivity contribution in [2.75, 3.05) is 0 Å². The molecule has 0 heterocycles. The van der Waals surface area contributed by atoms with Crippen LogP contribution in [0.15, 0.2) is 0 Å². The van der Waals surface area contributed by atoms with E-state index in [2.05, 4.69) is 25.2 Å². The average Bonchev–Trinajstić information content (AvgIpc) is 2.68. The lowest BCUT2D eigenvalue weighted by Crippen LogP contribution is -2.49. The topological polar surface area (TPSA) is 35.8 Å². The molecule has 16 heavy (non-hydrogen) atoms. The van der Waals surface area contributed by atoms with E-state index in [0.29, 0.717) is 17.5 Å². The Hall–Kier alpha value is -0.550. The maximum absolute atomic E-state index is 9.11. The summed E-state index contributed by atoms with van der Waals surface area (Å²) in [6.07, 6.45) is 8.87. The monoisotopic (exact) mass is 220 g/mol. The summed E-state index contributed by atoms with van der Waals surface area (Å²) < 4.78 is 0. The fourth-order valence-corrected chi connectivity index (χ4v) is 3.38. The molecule has 0 bridgehead atoms. The van der Waals surface area contributed by atoms with E-state index in [4.69, 9.17) is 5.26 Å². The van der Waals surface area contributed by atoms with Crippen LogP contribution in [0.4, 0.5) is 0 Å². The lowest BCUT2D eigenvalue weighted by molar-refractivity contribution is 0.151. The number of hydrogen-bond acceptors (Lipinski definition) is 2. The van der Waals surface area contributed by atoms with E-state index in [0.717, 1.165) is 6.42 Å². The van der Waals surface area contributed by atoms with Crippen molar-refractivity contribution in [3.8, 4) is 6.07 Å². The van der Waals surface area contributed by atoms with Gasteiger partial charge >= 0.3 is 0 Å². The van der Waals surface area contributed by atoms with Crippen LogP contribution in [0.1, 0.15) is 58.8 Å². The first-order chi connectivity index (χ1) is 7.63. The molecule has 2 rings (SSSR count). The van der Waals surface area contributed by atoms with Gasteiger partial charge in [0.1, 0.15) is 0 Å². The Balaban J connectivity index is 1.95. The Morgan fingerprint density at radius 3 is 2.62 bits per heavy atom. The summed E-state index contributed by atoms with van der Waals surface area (Å²) in [7, 11) is 0. The highest BCUT2D eigenvalue weighted by molar-refractivity contribution is 4.99. The summed E-state index contributed by atoms with van der Waals surface area (Å²) in [5.74, 6) is 0.262. The van der Waals surface area contributed by atoms with Crippen LogP contribution < -0.4 is 5.32 Å². The number of hydrogen-bond donors (Lipinski definition) is 1. The molecular weight excluding hydrogens is 196 g/mol. The number of rotatable bonds is 2. The van der Waals surface area contributed by atoms with Crippen LogP contribution in [0.5, 0.6) is 0 Å². The van der Waals surface area contributed by atoms with E-state index < -0.39 is 0 Å². The summed E-state index contributed by atoms with van der Waals surface area (Å²) in [5, 5.41) is 12.9. The molecule has 0 amide bonds. The van der Waals surface area contributed by atoms with Gasteiger partial charge in [-0.2, -0.15) is 5.26 Å². The van der Waals surface area contributed by atoms with Crippen molar-refractivity contribution in [2.45, 2.75) is 70.9 Å². The number of nitriles is 1. The Morgan fingerprint density at radius 1 is 1.12 bits per heavy atom. The second-order valence-electron chi connectivity index (χ2n) is 6.23. The van der Waals surface area contributed by atoms with Crippen LogP contribution in [0.3, 0.4) is 0 Å². The molecule has 3 unspecified atom stereocenters. The molecule has 2 fully saturated rings. The molecule has 2 aliphatic rings. The molecule has 2 nitrogen and oxygen atoms in total. The van der Waals surface area contributed by atoms with E-state index >= 15 is 0 Å². The molecule has 0 saturated heterocycles. The molecule has 0 aliphatic heterocycles. The molecule has 90 valence electrons. The maximum Gasteiger partial charge on any atom is 0.0672 e. The predicted octanol–water partition coefficient (Wildman–Crippen LogP) is 3.24. The molecule has 0 radical (unpaired) electrons. The van der Waals surface area contributed by atoms with Crippen LogP contribution in [-0.2, 0) is 0 Å². The van der Waals surface area contributed by atoms with E-state index in [1.807, 2.05) is 0 Å². The summed E-state index contributed by atoms with van der Waals surface area (Å²) in [6.45, 7) is 4.75. The first kappa shape index (κ1) is 11.9. The van der Waals surface area contributed by atoms with Crippen molar-refractivity contribution >= 4 is 0 Å². The molecule has 0 aromatic carbocycles. The van der Waals surface area contributed by atoms with Gasteiger partial charge in [0.05, 0.1) is 12.0 Å². The third kappa shape index (κ3) is 2.40. The molecule has 2 heteroatoms. The zero-order valence-corrected chi connectivity index (χ0v) is 10.6. The van der Waals surface area contributed by atoms with Gasteiger partial charge in [-0.25, -0.2) is 0 Å². The molecule has 0 spiro atoms. The van der Waals surface area contributed by atoms with Gasteiger partial charge in [-0.3, -0.25) is 0 Å². The average molecular weight is 220 g/mol. The number of nitrogens with zero attached hydrogens (tertiary/aromatic N) is 1. The minimum atomic E-state index is 0.262. The minimum absolute atomic E-state index is 0.262. The largest absolute Gasteiger partial charge is 0.309 e. The molecular formula is C14H24N2. The molecule has 1 N–H and O–H groups in total. The lowest BCUT2D eigenvalue weighted by Gasteiger charge is -2.41. The van der Waals surface area contributed by atoms with Gasteiger partial charge in [0.2, 0.25) is 0 Å². The van der Waals surface area contributed by atoms with Crippen molar-refractivity contribution in [2.24, 2.45) is 11.3 Å². The highest BCUT2D eigenvalue weighted by Gasteiger charge is 2.36. The first-order valence-corrected chi connectivity index (χ1v) is 6.79.